The largest absolute Gasteiger partial charge is 0.360 e. The Morgan fingerprint density at radius 1 is 1.36 bits per heavy atom. The number of carbonyl (C=O) groups is 1. The van der Waals surface area contributed by atoms with Crippen LogP contribution in [0.2, 0.25) is 5.02 Å². The quantitative estimate of drug-likeness (QED) is 0.845. The van der Waals surface area contributed by atoms with E-state index in [2.05, 4.69) is 10.5 Å². The number of hydrogen-bond acceptors (Lipinski definition) is 4. The molecule has 0 spiro atoms. The molecule has 134 valence electrons. The van der Waals surface area contributed by atoms with Crippen LogP contribution in [-0.4, -0.2) is 23.7 Å². The van der Waals surface area contributed by atoms with Crippen molar-refractivity contribution in [1.29, 1.82) is 0 Å². The van der Waals surface area contributed by atoms with E-state index in [1.54, 1.807) is 13.0 Å². The van der Waals surface area contributed by atoms with E-state index in [1.807, 2.05) is 18.2 Å². The fourth-order valence-corrected chi connectivity index (χ4v) is 3.85. The van der Waals surface area contributed by atoms with E-state index < -0.39 is 0 Å². The molecule has 5 nitrogen and oxygen atoms in total. The van der Waals surface area contributed by atoms with Crippen LogP contribution in [0.1, 0.15) is 48.2 Å². The van der Waals surface area contributed by atoms with Gasteiger partial charge in [-0.25, -0.2) is 0 Å². The van der Waals surface area contributed by atoms with Gasteiger partial charge in [0, 0.05) is 18.2 Å². The van der Waals surface area contributed by atoms with Gasteiger partial charge in [0.1, 0.15) is 17.0 Å². The molecular formula is C19H24ClN3O2. The van der Waals surface area contributed by atoms with E-state index in [9.17, 15) is 4.79 Å². The summed E-state index contributed by atoms with van der Waals surface area (Å²) in [6.45, 7) is 2.17. The van der Waals surface area contributed by atoms with Crippen molar-refractivity contribution in [2.24, 2.45) is 11.7 Å². The average molecular weight is 362 g/mol. The second-order valence-corrected chi connectivity index (χ2v) is 7.06. The molecule has 1 amide bonds. The molecule has 6 heteroatoms. The smallest absolute Gasteiger partial charge is 0.257 e. The van der Waals surface area contributed by atoms with Crippen molar-refractivity contribution in [2.45, 2.75) is 45.1 Å². The lowest BCUT2D eigenvalue weighted by Crippen LogP contribution is -2.46. The van der Waals surface area contributed by atoms with Gasteiger partial charge < -0.3 is 15.6 Å². The van der Waals surface area contributed by atoms with E-state index in [4.69, 9.17) is 21.9 Å². The van der Waals surface area contributed by atoms with Gasteiger partial charge in [0.15, 0.2) is 0 Å². The van der Waals surface area contributed by atoms with Gasteiger partial charge >= 0.3 is 0 Å². The Morgan fingerprint density at radius 3 is 2.76 bits per heavy atom. The van der Waals surface area contributed by atoms with Crippen molar-refractivity contribution in [1.82, 2.24) is 10.5 Å². The molecule has 1 atom stereocenters. The first-order valence-electron chi connectivity index (χ1n) is 8.84. The number of amides is 1. The van der Waals surface area contributed by atoms with Crippen molar-refractivity contribution in [3.05, 3.63) is 40.6 Å². The first kappa shape index (κ1) is 18.0. The highest BCUT2D eigenvalue weighted by atomic mass is 35.5. The van der Waals surface area contributed by atoms with Crippen molar-refractivity contribution in [2.75, 3.05) is 6.54 Å². The van der Waals surface area contributed by atoms with Gasteiger partial charge in [-0.1, -0.05) is 54.2 Å². The number of nitrogens with two attached hydrogens (primary N) is 1. The minimum absolute atomic E-state index is 0.0267. The SMILES string of the molecule is Cc1onc(-c2ccccc2Cl)c1C(=O)NC(CN)C1CCCCC1. The summed E-state index contributed by atoms with van der Waals surface area (Å²) in [5.41, 5.74) is 7.53. The average Bonchev–Trinajstić information content (AvgIpc) is 3.02. The summed E-state index contributed by atoms with van der Waals surface area (Å²) in [4.78, 5) is 12.9. The van der Waals surface area contributed by atoms with Crippen LogP contribution in [0.5, 0.6) is 0 Å². The molecule has 1 aromatic heterocycles. The van der Waals surface area contributed by atoms with Gasteiger partial charge in [0.2, 0.25) is 0 Å². The highest BCUT2D eigenvalue weighted by Gasteiger charge is 2.28. The Labute approximate surface area is 152 Å². The predicted molar refractivity (Wildman–Crippen MR) is 98.6 cm³/mol. The van der Waals surface area contributed by atoms with Gasteiger partial charge in [-0.3, -0.25) is 4.79 Å². The Morgan fingerprint density at radius 2 is 2.08 bits per heavy atom. The minimum Gasteiger partial charge on any atom is -0.360 e. The zero-order valence-electron chi connectivity index (χ0n) is 14.4. The summed E-state index contributed by atoms with van der Waals surface area (Å²) in [5.74, 6) is 0.716. The van der Waals surface area contributed by atoms with E-state index >= 15 is 0 Å². The van der Waals surface area contributed by atoms with Crippen LogP contribution in [0.25, 0.3) is 11.3 Å². The van der Waals surface area contributed by atoms with Gasteiger partial charge in [-0.2, -0.15) is 0 Å². The molecule has 0 aliphatic heterocycles. The van der Waals surface area contributed by atoms with Crippen molar-refractivity contribution < 1.29 is 9.32 Å². The van der Waals surface area contributed by atoms with Crippen LogP contribution in [0.15, 0.2) is 28.8 Å². The molecule has 25 heavy (non-hydrogen) atoms. The number of aryl methyl sites for hydroxylation is 1. The molecule has 1 fully saturated rings. The van der Waals surface area contributed by atoms with Gasteiger partial charge in [0.05, 0.1) is 5.02 Å². The summed E-state index contributed by atoms with van der Waals surface area (Å²) >= 11 is 6.27. The maximum Gasteiger partial charge on any atom is 0.257 e. The lowest BCUT2D eigenvalue weighted by Gasteiger charge is -2.30. The Kier molecular flexibility index (Phi) is 5.76. The molecule has 0 bridgehead atoms. The Hall–Kier alpha value is -1.85. The zero-order chi connectivity index (χ0) is 17.8. The molecule has 0 radical (unpaired) electrons. The van der Waals surface area contributed by atoms with E-state index in [-0.39, 0.29) is 11.9 Å². The number of aromatic nitrogens is 1. The molecule has 3 N–H and O–H groups in total. The summed E-state index contributed by atoms with van der Waals surface area (Å²) in [7, 11) is 0. The molecule has 1 heterocycles. The summed E-state index contributed by atoms with van der Waals surface area (Å²) in [6, 6.07) is 7.27. The molecule has 0 saturated heterocycles. The second-order valence-electron chi connectivity index (χ2n) is 6.66. The molecule has 1 aromatic carbocycles. The molecule has 1 aliphatic rings. The number of nitrogens with one attached hydrogen (secondary N) is 1. The highest BCUT2D eigenvalue weighted by Crippen LogP contribution is 2.31. The van der Waals surface area contributed by atoms with Crippen LogP contribution >= 0.6 is 11.6 Å². The lowest BCUT2D eigenvalue weighted by molar-refractivity contribution is 0.0914. The number of benzene rings is 1. The maximum atomic E-state index is 12.9. The predicted octanol–water partition coefficient (Wildman–Crippen LogP) is 3.94. The third kappa shape index (κ3) is 3.88. The second kappa shape index (κ2) is 8.02. The fourth-order valence-electron chi connectivity index (χ4n) is 3.62. The Balaban J connectivity index is 1.85. The van der Waals surface area contributed by atoms with Crippen LogP contribution in [0, 0.1) is 12.8 Å². The minimum atomic E-state index is -0.199. The van der Waals surface area contributed by atoms with Crippen LogP contribution in [0.4, 0.5) is 0 Å². The summed E-state index contributed by atoms with van der Waals surface area (Å²) in [5, 5.41) is 7.70. The Bertz CT molecular complexity index is 738. The molecule has 2 aromatic rings. The molecule has 3 rings (SSSR count). The number of halogens is 1. The summed E-state index contributed by atoms with van der Waals surface area (Å²) in [6.07, 6.45) is 5.90. The third-order valence-electron chi connectivity index (χ3n) is 5.01. The highest BCUT2D eigenvalue weighted by molar-refractivity contribution is 6.33. The van der Waals surface area contributed by atoms with Gasteiger partial charge in [-0.15, -0.1) is 0 Å². The monoisotopic (exact) mass is 361 g/mol. The molecule has 1 saturated carbocycles. The first-order chi connectivity index (χ1) is 12.1. The van der Waals surface area contributed by atoms with Crippen LogP contribution in [-0.2, 0) is 0 Å². The number of nitrogens with zero attached hydrogens (tertiary/aromatic N) is 1. The van der Waals surface area contributed by atoms with E-state index in [0.29, 0.717) is 40.1 Å². The lowest BCUT2D eigenvalue weighted by atomic mass is 9.83. The normalized spacial score (nSPS) is 16.6. The summed E-state index contributed by atoms with van der Waals surface area (Å²) < 4.78 is 5.29. The molecule has 1 aliphatic carbocycles. The maximum absolute atomic E-state index is 12.9. The van der Waals surface area contributed by atoms with Crippen molar-refractivity contribution >= 4 is 17.5 Å². The fraction of sp³-hybridized carbons (Fsp3) is 0.474. The van der Waals surface area contributed by atoms with Crippen molar-refractivity contribution in [3.8, 4) is 11.3 Å². The van der Waals surface area contributed by atoms with Gasteiger partial charge in [-0.05, 0) is 31.7 Å². The number of rotatable bonds is 5. The van der Waals surface area contributed by atoms with Crippen LogP contribution in [0.3, 0.4) is 0 Å². The zero-order valence-corrected chi connectivity index (χ0v) is 15.2. The van der Waals surface area contributed by atoms with E-state index in [1.165, 1.54) is 19.3 Å². The van der Waals surface area contributed by atoms with Gasteiger partial charge in [0.25, 0.3) is 5.91 Å². The first-order valence-corrected chi connectivity index (χ1v) is 9.21. The topological polar surface area (TPSA) is 81.2 Å². The molecular weight excluding hydrogens is 338 g/mol. The van der Waals surface area contributed by atoms with E-state index in [0.717, 1.165) is 12.8 Å². The van der Waals surface area contributed by atoms with Crippen LogP contribution < -0.4 is 11.1 Å². The number of carbonyl (C=O) groups excluding carboxylic acids is 1. The third-order valence-corrected chi connectivity index (χ3v) is 5.34. The number of hydrogen-bond donors (Lipinski definition) is 2. The molecule has 1 unspecified atom stereocenters. The standard InChI is InChI=1S/C19H24ClN3O2/c1-12-17(18(23-25-12)14-9-5-6-10-15(14)20)19(24)22-16(11-21)13-7-3-2-4-8-13/h5-6,9-10,13,16H,2-4,7-8,11,21H2,1H3,(H,22,24). The van der Waals surface area contributed by atoms with Crippen molar-refractivity contribution in [3.63, 3.8) is 0 Å².